The van der Waals surface area contributed by atoms with Crippen LogP contribution < -0.4 is 5.46 Å². The molecule has 0 unspecified atom stereocenters. The smallest absolute Gasteiger partial charge is 0.399 e. The molecule has 2 fully saturated rings. The van der Waals surface area contributed by atoms with Crippen LogP contribution in [0.2, 0.25) is 0 Å². The lowest BCUT2D eigenvalue weighted by atomic mass is 9.71. The standard InChI is InChI=1S/C30H41BO2/c1-26(2)17-20(18-27(26,3)4)19-11-13-22-23-14-12-21(16-25(23)28(5,6)24(22)15-19)31-32-29(7,8)30(9,10)33-31/h11-16,20H,17-18H2,1-10H3. The fraction of sp³-hybridized carbons (Fsp3) is 0.600. The maximum absolute atomic E-state index is 6.36. The molecule has 0 N–H and O–H groups in total. The third-order valence-electron chi connectivity index (χ3n) is 10.1. The van der Waals surface area contributed by atoms with Crippen molar-refractivity contribution < 1.29 is 9.31 Å². The molecule has 3 aliphatic rings. The molecule has 0 spiro atoms. The van der Waals surface area contributed by atoms with Gasteiger partial charge in [-0.05, 0) is 90.6 Å². The summed E-state index contributed by atoms with van der Waals surface area (Å²) >= 11 is 0. The van der Waals surface area contributed by atoms with Gasteiger partial charge in [-0.2, -0.15) is 0 Å². The van der Waals surface area contributed by atoms with Gasteiger partial charge in [-0.3, -0.25) is 0 Å². The van der Waals surface area contributed by atoms with Crippen molar-refractivity contribution in [3.8, 4) is 11.1 Å². The van der Waals surface area contributed by atoms with Gasteiger partial charge < -0.3 is 9.31 Å². The Kier molecular flexibility index (Phi) is 4.75. The Bertz CT molecular complexity index is 1000. The summed E-state index contributed by atoms with van der Waals surface area (Å²) in [6.07, 6.45) is 2.52. The largest absolute Gasteiger partial charge is 0.494 e. The molecule has 2 nitrogen and oxygen atoms in total. The first-order valence-electron chi connectivity index (χ1n) is 12.7. The van der Waals surface area contributed by atoms with E-state index in [1.807, 2.05) is 0 Å². The van der Waals surface area contributed by atoms with Gasteiger partial charge in [0.1, 0.15) is 0 Å². The minimum Gasteiger partial charge on any atom is -0.399 e. The molecular weight excluding hydrogens is 403 g/mol. The van der Waals surface area contributed by atoms with Crippen LogP contribution in [0.25, 0.3) is 11.1 Å². The highest BCUT2D eigenvalue weighted by Crippen LogP contribution is 2.58. The molecule has 0 amide bonds. The summed E-state index contributed by atoms with van der Waals surface area (Å²) in [7, 11) is -0.321. The van der Waals surface area contributed by atoms with E-state index >= 15 is 0 Å². The van der Waals surface area contributed by atoms with Gasteiger partial charge in [0, 0.05) is 5.41 Å². The van der Waals surface area contributed by atoms with E-state index in [4.69, 9.17) is 9.31 Å². The molecule has 0 aromatic heterocycles. The summed E-state index contributed by atoms with van der Waals surface area (Å²) in [5.74, 6) is 0.639. The first kappa shape index (κ1) is 23.2. The Balaban J connectivity index is 1.50. The lowest BCUT2D eigenvalue weighted by molar-refractivity contribution is 0.00578. The topological polar surface area (TPSA) is 18.5 Å². The highest BCUT2D eigenvalue weighted by atomic mass is 16.7. The van der Waals surface area contributed by atoms with Crippen LogP contribution >= 0.6 is 0 Å². The van der Waals surface area contributed by atoms with Crippen molar-refractivity contribution in [3.63, 3.8) is 0 Å². The predicted octanol–water partition coefficient (Wildman–Crippen LogP) is 7.22. The Hall–Kier alpha value is -1.58. The van der Waals surface area contributed by atoms with Gasteiger partial charge in [0.25, 0.3) is 0 Å². The van der Waals surface area contributed by atoms with E-state index in [-0.39, 0.29) is 23.7 Å². The maximum Gasteiger partial charge on any atom is 0.494 e. The van der Waals surface area contributed by atoms with Crippen LogP contribution in [0.4, 0.5) is 0 Å². The second-order valence-electron chi connectivity index (χ2n) is 13.7. The minimum atomic E-state index is -0.326. The second kappa shape index (κ2) is 6.76. The summed E-state index contributed by atoms with van der Waals surface area (Å²) < 4.78 is 12.7. The summed E-state index contributed by atoms with van der Waals surface area (Å²) in [5, 5.41) is 0. The van der Waals surface area contributed by atoms with Crippen LogP contribution in [0, 0.1) is 10.8 Å². The SMILES string of the molecule is CC1(C)c2cc(B3OC(C)(C)C(C)(C)O3)ccc2-c2ccc(C3CC(C)(C)C(C)(C)C3)cc21. The van der Waals surface area contributed by atoms with E-state index in [0.717, 1.165) is 5.46 Å². The van der Waals surface area contributed by atoms with Crippen molar-refractivity contribution in [2.24, 2.45) is 10.8 Å². The summed E-state index contributed by atoms with van der Waals surface area (Å²) in [6, 6.07) is 14.1. The summed E-state index contributed by atoms with van der Waals surface area (Å²) in [6.45, 7) is 23.0. The fourth-order valence-electron chi connectivity index (χ4n) is 6.24. The lowest BCUT2D eigenvalue weighted by Crippen LogP contribution is -2.41. The first-order valence-corrected chi connectivity index (χ1v) is 12.7. The van der Waals surface area contributed by atoms with Gasteiger partial charge in [0.05, 0.1) is 11.2 Å². The van der Waals surface area contributed by atoms with Crippen molar-refractivity contribution in [1.82, 2.24) is 0 Å². The molecule has 2 aliphatic carbocycles. The molecule has 176 valence electrons. The number of hydrogen-bond donors (Lipinski definition) is 0. The van der Waals surface area contributed by atoms with Gasteiger partial charge in [-0.25, -0.2) is 0 Å². The van der Waals surface area contributed by atoms with Gasteiger partial charge in [0.2, 0.25) is 0 Å². The van der Waals surface area contributed by atoms with Crippen LogP contribution in [0.5, 0.6) is 0 Å². The number of benzene rings is 2. The molecule has 1 heterocycles. The van der Waals surface area contributed by atoms with Crippen LogP contribution in [0.3, 0.4) is 0 Å². The summed E-state index contributed by atoms with van der Waals surface area (Å²) in [5.41, 5.74) is 8.26. The van der Waals surface area contributed by atoms with Crippen molar-refractivity contribution >= 4 is 12.6 Å². The number of hydrogen-bond acceptors (Lipinski definition) is 2. The highest BCUT2D eigenvalue weighted by molar-refractivity contribution is 6.62. The third kappa shape index (κ3) is 3.29. The second-order valence-corrected chi connectivity index (χ2v) is 13.7. The third-order valence-corrected chi connectivity index (χ3v) is 10.1. The molecule has 2 aromatic rings. The number of rotatable bonds is 2. The zero-order valence-electron chi connectivity index (χ0n) is 22.3. The van der Waals surface area contributed by atoms with E-state index in [9.17, 15) is 0 Å². The van der Waals surface area contributed by atoms with Crippen LogP contribution in [-0.4, -0.2) is 18.3 Å². The lowest BCUT2D eigenvalue weighted by Gasteiger charge is -2.34. The van der Waals surface area contributed by atoms with E-state index in [1.165, 1.54) is 40.7 Å². The highest BCUT2D eigenvalue weighted by Gasteiger charge is 2.52. The van der Waals surface area contributed by atoms with E-state index in [1.54, 1.807) is 0 Å². The van der Waals surface area contributed by atoms with Crippen molar-refractivity contribution in [1.29, 1.82) is 0 Å². The van der Waals surface area contributed by atoms with Crippen molar-refractivity contribution in [2.75, 3.05) is 0 Å². The van der Waals surface area contributed by atoms with Gasteiger partial charge in [0.15, 0.2) is 0 Å². The Morgan fingerprint density at radius 1 is 0.667 bits per heavy atom. The Morgan fingerprint density at radius 3 is 1.70 bits per heavy atom. The quantitative estimate of drug-likeness (QED) is 0.455. The monoisotopic (exact) mass is 444 g/mol. The van der Waals surface area contributed by atoms with E-state index < -0.39 is 0 Å². The molecule has 33 heavy (non-hydrogen) atoms. The maximum atomic E-state index is 6.36. The van der Waals surface area contributed by atoms with Gasteiger partial charge in [-0.15, -0.1) is 0 Å². The molecule has 0 bridgehead atoms. The zero-order chi connectivity index (χ0) is 24.2. The molecule has 1 aliphatic heterocycles. The average Bonchev–Trinajstić information content (AvgIpc) is 3.16. The Labute approximate surface area is 201 Å². The van der Waals surface area contributed by atoms with Crippen LogP contribution in [0.1, 0.15) is 105 Å². The van der Waals surface area contributed by atoms with Gasteiger partial charge >= 0.3 is 7.12 Å². The molecule has 0 atom stereocenters. The van der Waals surface area contributed by atoms with E-state index in [2.05, 4.69) is 106 Å². The molecule has 1 saturated carbocycles. The molecule has 1 saturated heterocycles. The molecule has 3 heteroatoms. The first-order chi connectivity index (χ1) is 15.1. The zero-order valence-corrected chi connectivity index (χ0v) is 22.3. The van der Waals surface area contributed by atoms with E-state index in [0.29, 0.717) is 16.7 Å². The summed E-state index contributed by atoms with van der Waals surface area (Å²) in [4.78, 5) is 0. The van der Waals surface area contributed by atoms with Crippen molar-refractivity contribution in [2.45, 2.75) is 105 Å². The van der Waals surface area contributed by atoms with Crippen LogP contribution in [0.15, 0.2) is 36.4 Å². The van der Waals surface area contributed by atoms with Crippen LogP contribution in [-0.2, 0) is 14.7 Å². The Morgan fingerprint density at radius 2 is 1.15 bits per heavy atom. The molecule has 0 radical (unpaired) electrons. The normalized spacial score (nSPS) is 25.8. The predicted molar refractivity (Wildman–Crippen MR) is 139 cm³/mol. The molecule has 5 rings (SSSR count). The van der Waals surface area contributed by atoms with Crippen molar-refractivity contribution in [3.05, 3.63) is 53.1 Å². The number of fused-ring (bicyclic) bond motifs is 3. The fourth-order valence-corrected chi connectivity index (χ4v) is 6.24. The minimum absolute atomic E-state index is 0.0377. The molecular formula is C30H41BO2. The molecule has 2 aromatic carbocycles. The average molecular weight is 444 g/mol. The van der Waals surface area contributed by atoms with Gasteiger partial charge in [-0.1, -0.05) is 77.9 Å².